The summed E-state index contributed by atoms with van der Waals surface area (Å²) in [5.74, 6) is -0.716. The van der Waals surface area contributed by atoms with Crippen LogP contribution in [0.4, 0.5) is 9.18 Å². The predicted octanol–water partition coefficient (Wildman–Crippen LogP) is 2.13. The first-order chi connectivity index (χ1) is 12.0. The van der Waals surface area contributed by atoms with E-state index in [9.17, 15) is 14.0 Å². The Labute approximate surface area is 144 Å². The molecule has 2 aromatic heterocycles. The van der Waals surface area contributed by atoms with E-state index in [-0.39, 0.29) is 18.0 Å². The number of pyridine rings is 1. The highest BCUT2D eigenvalue weighted by molar-refractivity contribution is 5.94. The van der Waals surface area contributed by atoms with Crippen molar-refractivity contribution < 1.29 is 18.7 Å². The third-order valence-electron chi connectivity index (χ3n) is 4.33. The number of hydrogen-bond donors (Lipinski definition) is 1. The van der Waals surface area contributed by atoms with Crippen molar-refractivity contribution >= 4 is 17.6 Å². The highest BCUT2D eigenvalue weighted by Crippen LogP contribution is 2.16. The molecule has 0 aliphatic carbocycles. The lowest BCUT2D eigenvalue weighted by Crippen LogP contribution is -2.47. The Hall–Kier alpha value is -2.64. The lowest BCUT2D eigenvalue weighted by molar-refractivity contribution is 0.0855. The van der Waals surface area contributed by atoms with E-state index in [0.29, 0.717) is 49.6 Å². The van der Waals surface area contributed by atoms with Crippen LogP contribution in [0.15, 0.2) is 18.3 Å². The van der Waals surface area contributed by atoms with Crippen molar-refractivity contribution in [3.63, 3.8) is 0 Å². The summed E-state index contributed by atoms with van der Waals surface area (Å²) >= 11 is 0. The van der Waals surface area contributed by atoms with Crippen LogP contribution in [-0.2, 0) is 4.74 Å². The Kier molecular flexibility index (Phi) is 4.87. The normalized spacial score (nSPS) is 15.4. The Morgan fingerprint density at radius 1 is 1.36 bits per heavy atom. The number of nitrogens with zero attached hydrogens (tertiary/aromatic N) is 3. The molecule has 1 aliphatic rings. The Balaban J connectivity index is 1.67. The molecule has 0 aromatic carbocycles. The number of aromatic nitrogens is 2. The van der Waals surface area contributed by atoms with Gasteiger partial charge in [-0.05, 0) is 38.8 Å². The number of ether oxygens (including phenoxy) is 1. The second-order valence-electron chi connectivity index (χ2n) is 6.06. The van der Waals surface area contributed by atoms with E-state index in [1.54, 1.807) is 18.7 Å². The number of piperidine rings is 1. The monoisotopic (exact) mass is 348 g/mol. The zero-order valence-electron chi connectivity index (χ0n) is 14.3. The number of hydrogen-bond acceptors (Lipinski definition) is 4. The maximum atomic E-state index is 13.5. The molecule has 0 spiro atoms. The van der Waals surface area contributed by atoms with Crippen LogP contribution in [0.5, 0.6) is 0 Å². The molecule has 0 unspecified atom stereocenters. The van der Waals surface area contributed by atoms with E-state index in [1.807, 2.05) is 0 Å². The number of imidazole rings is 1. The van der Waals surface area contributed by atoms with Gasteiger partial charge < -0.3 is 15.0 Å². The average molecular weight is 348 g/mol. The van der Waals surface area contributed by atoms with E-state index in [4.69, 9.17) is 4.74 Å². The van der Waals surface area contributed by atoms with Crippen molar-refractivity contribution in [2.45, 2.75) is 32.7 Å². The van der Waals surface area contributed by atoms with Crippen molar-refractivity contribution in [3.05, 3.63) is 35.5 Å². The molecule has 0 radical (unpaired) electrons. The van der Waals surface area contributed by atoms with Gasteiger partial charge in [0.15, 0.2) is 0 Å². The zero-order valence-corrected chi connectivity index (χ0v) is 14.3. The molecule has 25 heavy (non-hydrogen) atoms. The topological polar surface area (TPSA) is 75.9 Å². The smallest absolute Gasteiger partial charge is 0.409 e. The first kappa shape index (κ1) is 17.2. The van der Waals surface area contributed by atoms with Gasteiger partial charge in [-0.15, -0.1) is 0 Å². The van der Waals surface area contributed by atoms with Crippen molar-refractivity contribution in [3.8, 4) is 0 Å². The van der Waals surface area contributed by atoms with Gasteiger partial charge in [-0.25, -0.2) is 14.2 Å². The molecular weight excluding hydrogens is 327 g/mol. The number of carbonyl (C=O) groups excluding carboxylic acids is 2. The summed E-state index contributed by atoms with van der Waals surface area (Å²) in [5, 5.41) is 2.96. The fourth-order valence-corrected chi connectivity index (χ4v) is 3.08. The molecule has 3 rings (SSSR count). The van der Waals surface area contributed by atoms with Crippen LogP contribution < -0.4 is 5.32 Å². The van der Waals surface area contributed by atoms with E-state index in [1.165, 1.54) is 22.7 Å². The van der Waals surface area contributed by atoms with E-state index in [2.05, 4.69) is 10.3 Å². The molecule has 134 valence electrons. The molecule has 2 aromatic rings. The van der Waals surface area contributed by atoms with Gasteiger partial charge in [-0.3, -0.25) is 9.20 Å². The maximum Gasteiger partial charge on any atom is 0.409 e. The molecule has 0 atom stereocenters. The number of aryl methyl sites for hydroxylation is 1. The van der Waals surface area contributed by atoms with Gasteiger partial charge in [0, 0.05) is 25.3 Å². The third-order valence-corrected chi connectivity index (χ3v) is 4.33. The van der Waals surface area contributed by atoms with Crippen LogP contribution in [0, 0.1) is 12.7 Å². The molecular formula is C17H21FN4O3. The second kappa shape index (κ2) is 7.08. The molecule has 7 nitrogen and oxygen atoms in total. The quantitative estimate of drug-likeness (QED) is 0.922. The van der Waals surface area contributed by atoms with Gasteiger partial charge in [-0.1, -0.05) is 0 Å². The average Bonchev–Trinajstić information content (AvgIpc) is 2.90. The predicted molar refractivity (Wildman–Crippen MR) is 89.0 cm³/mol. The molecule has 8 heteroatoms. The summed E-state index contributed by atoms with van der Waals surface area (Å²) < 4.78 is 20.0. The SMILES string of the molecule is CCOC(=O)N1CCC(NC(=O)c2c(C)nc3ccc(F)cn23)CC1. The van der Waals surface area contributed by atoms with Gasteiger partial charge in [-0.2, -0.15) is 0 Å². The van der Waals surface area contributed by atoms with Crippen LogP contribution in [0.25, 0.3) is 5.65 Å². The number of carbonyl (C=O) groups is 2. The summed E-state index contributed by atoms with van der Waals surface area (Å²) in [5.41, 5.74) is 1.41. The van der Waals surface area contributed by atoms with Gasteiger partial charge in [0.2, 0.25) is 0 Å². The van der Waals surface area contributed by atoms with E-state index in [0.717, 1.165) is 0 Å². The van der Waals surface area contributed by atoms with Crippen molar-refractivity contribution in [2.75, 3.05) is 19.7 Å². The molecule has 1 fully saturated rings. The van der Waals surface area contributed by atoms with Crippen molar-refractivity contribution in [2.24, 2.45) is 0 Å². The first-order valence-electron chi connectivity index (χ1n) is 8.36. The Bertz CT molecular complexity index is 797. The number of rotatable bonds is 3. The van der Waals surface area contributed by atoms with E-state index < -0.39 is 5.82 Å². The number of amides is 2. The summed E-state index contributed by atoms with van der Waals surface area (Å²) in [6, 6.07) is 2.81. The lowest BCUT2D eigenvalue weighted by atomic mass is 10.1. The minimum absolute atomic E-state index is 0.0447. The fraction of sp³-hybridized carbons (Fsp3) is 0.471. The molecule has 1 aliphatic heterocycles. The van der Waals surface area contributed by atoms with Crippen LogP contribution in [0.3, 0.4) is 0 Å². The number of fused-ring (bicyclic) bond motifs is 1. The van der Waals surface area contributed by atoms with Gasteiger partial charge in [0.25, 0.3) is 5.91 Å². The Morgan fingerprint density at radius 2 is 2.08 bits per heavy atom. The summed E-state index contributed by atoms with van der Waals surface area (Å²) in [7, 11) is 0. The van der Waals surface area contributed by atoms with Gasteiger partial charge >= 0.3 is 6.09 Å². The van der Waals surface area contributed by atoms with Crippen LogP contribution in [-0.4, -0.2) is 52.0 Å². The Morgan fingerprint density at radius 3 is 2.76 bits per heavy atom. The van der Waals surface area contributed by atoms with Crippen LogP contribution in [0.1, 0.15) is 35.9 Å². The summed E-state index contributed by atoms with van der Waals surface area (Å²) in [6.07, 6.45) is 2.23. The van der Waals surface area contributed by atoms with Gasteiger partial charge in [0.1, 0.15) is 17.2 Å². The molecule has 3 heterocycles. The molecule has 1 saturated heterocycles. The number of nitrogens with one attached hydrogen (secondary N) is 1. The third kappa shape index (κ3) is 3.57. The lowest BCUT2D eigenvalue weighted by Gasteiger charge is -2.31. The number of halogens is 1. The largest absolute Gasteiger partial charge is 0.450 e. The summed E-state index contributed by atoms with van der Waals surface area (Å²) in [4.78, 5) is 30.3. The minimum Gasteiger partial charge on any atom is -0.450 e. The van der Waals surface area contributed by atoms with Crippen molar-refractivity contribution in [1.82, 2.24) is 19.6 Å². The number of likely N-dealkylation sites (tertiary alicyclic amines) is 1. The van der Waals surface area contributed by atoms with Crippen LogP contribution >= 0.6 is 0 Å². The molecule has 1 N–H and O–H groups in total. The first-order valence-corrected chi connectivity index (χ1v) is 8.36. The standard InChI is InChI=1S/C17H21FN4O3/c1-3-25-17(24)21-8-6-13(7-9-21)20-16(23)15-11(2)19-14-5-4-12(18)10-22(14)15/h4-5,10,13H,3,6-9H2,1-2H3,(H,20,23). The molecule has 0 saturated carbocycles. The second-order valence-corrected chi connectivity index (χ2v) is 6.06. The minimum atomic E-state index is -0.429. The van der Waals surface area contributed by atoms with E-state index >= 15 is 0 Å². The highest BCUT2D eigenvalue weighted by atomic mass is 19.1. The molecule has 2 amide bonds. The van der Waals surface area contributed by atoms with Crippen LogP contribution in [0.2, 0.25) is 0 Å². The van der Waals surface area contributed by atoms with Gasteiger partial charge in [0.05, 0.1) is 12.3 Å². The highest BCUT2D eigenvalue weighted by Gasteiger charge is 2.26. The molecule has 0 bridgehead atoms. The summed E-state index contributed by atoms with van der Waals surface area (Å²) in [6.45, 7) is 4.91. The van der Waals surface area contributed by atoms with Crippen molar-refractivity contribution in [1.29, 1.82) is 0 Å². The maximum absolute atomic E-state index is 13.5. The fourth-order valence-electron chi connectivity index (χ4n) is 3.08. The zero-order chi connectivity index (χ0) is 18.0.